The van der Waals surface area contributed by atoms with Crippen LogP contribution in [0.3, 0.4) is 0 Å². The Morgan fingerprint density at radius 1 is 1.62 bits per heavy atom. The topological polar surface area (TPSA) is 3.24 Å². The highest BCUT2D eigenvalue weighted by molar-refractivity contribution is 5.21. The molecule has 1 aliphatic rings. The van der Waals surface area contributed by atoms with Gasteiger partial charge in [-0.25, -0.2) is 4.39 Å². The van der Waals surface area contributed by atoms with Gasteiger partial charge in [-0.2, -0.15) is 0 Å². The van der Waals surface area contributed by atoms with Crippen LogP contribution >= 0.6 is 0 Å². The van der Waals surface area contributed by atoms with E-state index in [0.29, 0.717) is 0 Å². The molecule has 0 N–H and O–H groups in total. The van der Waals surface area contributed by atoms with Crippen molar-refractivity contribution < 1.29 is 4.39 Å². The Morgan fingerprint density at radius 2 is 2.46 bits per heavy atom. The third kappa shape index (κ3) is 1.59. The van der Waals surface area contributed by atoms with Crippen molar-refractivity contribution >= 4 is 0 Å². The minimum atomic E-state index is -0.193. The lowest BCUT2D eigenvalue weighted by atomic mass is 10.0. The molecule has 0 bridgehead atoms. The summed E-state index contributed by atoms with van der Waals surface area (Å²) >= 11 is 0. The average molecular weight is 178 g/mol. The first-order valence-corrected chi connectivity index (χ1v) is 4.65. The molecule has 0 aromatic heterocycles. The maximum atomic E-state index is 13.3. The molecular formula is C11H13FN. The second-order valence-corrected chi connectivity index (χ2v) is 3.58. The Morgan fingerprint density at radius 3 is 3.08 bits per heavy atom. The fourth-order valence-corrected chi connectivity index (χ4v) is 1.99. The summed E-state index contributed by atoms with van der Waals surface area (Å²) in [5, 5.41) is 0. The van der Waals surface area contributed by atoms with E-state index in [9.17, 15) is 4.39 Å². The Labute approximate surface area is 78.2 Å². The average Bonchev–Trinajstić information content (AvgIpc) is 2.52. The SMILES string of the molecule is CN1CCCC1c1ccc[c]c1F. The standard InChI is InChI=1S/C11H13FN/c1-13-8-4-7-11(13)9-5-2-3-6-10(9)12/h2-3,5,11H,4,7-8H2,1H3. The number of rotatable bonds is 1. The molecule has 0 saturated carbocycles. The van der Waals surface area contributed by atoms with Gasteiger partial charge in [0.05, 0.1) is 0 Å². The van der Waals surface area contributed by atoms with Gasteiger partial charge in [0, 0.05) is 17.7 Å². The second kappa shape index (κ2) is 3.46. The van der Waals surface area contributed by atoms with Crippen LogP contribution in [-0.4, -0.2) is 18.5 Å². The van der Waals surface area contributed by atoms with Crippen molar-refractivity contribution in [3.63, 3.8) is 0 Å². The predicted octanol–water partition coefficient (Wildman–Crippen LogP) is 2.39. The molecular weight excluding hydrogens is 165 g/mol. The maximum Gasteiger partial charge on any atom is 0.135 e. The highest BCUT2D eigenvalue weighted by Crippen LogP contribution is 2.31. The third-order valence-corrected chi connectivity index (χ3v) is 2.71. The molecule has 0 aliphatic carbocycles. The van der Waals surface area contributed by atoms with Gasteiger partial charge in [0.2, 0.25) is 0 Å². The van der Waals surface area contributed by atoms with Crippen molar-refractivity contribution in [1.29, 1.82) is 0 Å². The van der Waals surface area contributed by atoms with Crippen LogP contribution < -0.4 is 0 Å². The van der Waals surface area contributed by atoms with Crippen LogP contribution in [0.2, 0.25) is 0 Å². The fraction of sp³-hybridized carbons (Fsp3) is 0.455. The largest absolute Gasteiger partial charge is 0.299 e. The van der Waals surface area contributed by atoms with E-state index in [4.69, 9.17) is 0 Å². The Balaban J connectivity index is 2.29. The smallest absolute Gasteiger partial charge is 0.135 e. The minimum Gasteiger partial charge on any atom is -0.299 e. The summed E-state index contributed by atoms with van der Waals surface area (Å²) in [5.41, 5.74) is 0.794. The van der Waals surface area contributed by atoms with Crippen LogP contribution in [0.1, 0.15) is 24.4 Å². The molecule has 2 rings (SSSR count). The first kappa shape index (κ1) is 8.70. The maximum absolute atomic E-state index is 13.3. The fourth-order valence-electron chi connectivity index (χ4n) is 1.99. The first-order chi connectivity index (χ1) is 6.29. The Kier molecular flexibility index (Phi) is 2.32. The van der Waals surface area contributed by atoms with Gasteiger partial charge in [-0.15, -0.1) is 0 Å². The zero-order chi connectivity index (χ0) is 9.26. The van der Waals surface area contributed by atoms with Crippen LogP contribution in [0.25, 0.3) is 0 Å². The van der Waals surface area contributed by atoms with Gasteiger partial charge in [0.15, 0.2) is 0 Å². The van der Waals surface area contributed by atoms with Crippen molar-refractivity contribution in [2.75, 3.05) is 13.6 Å². The number of benzene rings is 1. The molecule has 1 heterocycles. The van der Waals surface area contributed by atoms with Gasteiger partial charge in [-0.3, -0.25) is 4.90 Å². The molecule has 1 aliphatic heterocycles. The molecule has 1 nitrogen and oxygen atoms in total. The van der Waals surface area contributed by atoms with Gasteiger partial charge in [-0.1, -0.05) is 18.2 Å². The highest BCUT2D eigenvalue weighted by Gasteiger charge is 2.24. The van der Waals surface area contributed by atoms with E-state index in [2.05, 4.69) is 11.0 Å². The second-order valence-electron chi connectivity index (χ2n) is 3.58. The van der Waals surface area contributed by atoms with E-state index in [0.717, 1.165) is 24.9 Å². The predicted molar refractivity (Wildman–Crippen MR) is 49.8 cm³/mol. The van der Waals surface area contributed by atoms with Gasteiger partial charge < -0.3 is 0 Å². The highest BCUT2D eigenvalue weighted by atomic mass is 19.1. The van der Waals surface area contributed by atoms with E-state index in [-0.39, 0.29) is 11.9 Å². The molecule has 1 atom stereocenters. The van der Waals surface area contributed by atoms with Crippen molar-refractivity contribution in [2.24, 2.45) is 0 Å². The molecule has 0 spiro atoms. The summed E-state index contributed by atoms with van der Waals surface area (Å²) in [4.78, 5) is 2.20. The molecule has 1 aromatic carbocycles. The number of halogens is 1. The zero-order valence-electron chi connectivity index (χ0n) is 7.76. The quantitative estimate of drug-likeness (QED) is 0.638. The first-order valence-electron chi connectivity index (χ1n) is 4.65. The molecule has 1 radical (unpaired) electrons. The molecule has 1 aromatic rings. The van der Waals surface area contributed by atoms with Gasteiger partial charge in [-0.05, 0) is 26.4 Å². The lowest BCUT2D eigenvalue weighted by Gasteiger charge is -2.19. The number of likely N-dealkylation sites (tertiary alicyclic amines) is 1. The van der Waals surface area contributed by atoms with Crippen LogP contribution in [0.4, 0.5) is 4.39 Å². The Hall–Kier alpha value is -0.890. The number of hydrogen-bond acceptors (Lipinski definition) is 1. The van der Waals surface area contributed by atoms with Crippen molar-refractivity contribution in [2.45, 2.75) is 18.9 Å². The summed E-state index contributed by atoms with van der Waals surface area (Å²) in [5.74, 6) is -0.193. The van der Waals surface area contributed by atoms with Gasteiger partial charge >= 0.3 is 0 Å². The third-order valence-electron chi connectivity index (χ3n) is 2.71. The monoisotopic (exact) mass is 178 g/mol. The van der Waals surface area contributed by atoms with Crippen molar-refractivity contribution in [3.05, 3.63) is 35.6 Å². The number of nitrogens with zero attached hydrogens (tertiary/aromatic N) is 1. The molecule has 13 heavy (non-hydrogen) atoms. The summed E-state index contributed by atoms with van der Waals surface area (Å²) in [6.07, 6.45) is 2.22. The van der Waals surface area contributed by atoms with Crippen LogP contribution in [-0.2, 0) is 0 Å². The zero-order valence-corrected chi connectivity index (χ0v) is 7.76. The summed E-state index contributed by atoms with van der Waals surface area (Å²) < 4.78 is 13.3. The van der Waals surface area contributed by atoms with Crippen LogP contribution in [0, 0.1) is 11.9 Å². The van der Waals surface area contributed by atoms with E-state index < -0.39 is 0 Å². The lowest BCUT2D eigenvalue weighted by molar-refractivity contribution is 0.310. The van der Waals surface area contributed by atoms with E-state index in [1.165, 1.54) is 0 Å². The molecule has 1 saturated heterocycles. The summed E-state index contributed by atoms with van der Waals surface area (Å²) in [6.45, 7) is 1.07. The van der Waals surface area contributed by atoms with Crippen molar-refractivity contribution in [3.8, 4) is 0 Å². The van der Waals surface area contributed by atoms with E-state index in [1.54, 1.807) is 6.07 Å². The molecule has 2 heteroatoms. The molecule has 1 fully saturated rings. The van der Waals surface area contributed by atoms with Crippen molar-refractivity contribution in [1.82, 2.24) is 4.90 Å². The molecule has 0 amide bonds. The minimum absolute atomic E-state index is 0.193. The van der Waals surface area contributed by atoms with Crippen LogP contribution in [0.15, 0.2) is 18.2 Å². The molecule has 1 unspecified atom stereocenters. The molecule has 69 valence electrons. The summed E-state index contributed by atoms with van der Waals surface area (Å²) in [7, 11) is 2.05. The van der Waals surface area contributed by atoms with E-state index >= 15 is 0 Å². The summed E-state index contributed by atoms with van der Waals surface area (Å²) in [6, 6.07) is 8.20. The van der Waals surface area contributed by atoms with E-state index in [1.807, 2.05) is 19.2 Å². The number of hydrogen-bond donors (Lipinski definition) is 0. The van der Waals surface area contributed by atoms with Gasteiger partial charge in [0.1, 0.15) is 5.82 Å². The van der Waals surface area contributed by atoms with Crippen LogP contribution in [0.5, 0.6) is 0 Å². The van der Waals surface area contributed by atoms with Gasteiger partial charge in [0.25, 0.3) is 0 Å². The lowest BCUT2D eigenvalue weighted by Crippen LogP contribution is -2.18. The Bertz CT molecular complexity index is 298. The normalized spacial score (nSPS) is 23.7.